The Labute approximate surface area is 130 Å². The molecule has 23 heavy (non-hydrogen) atoms. The molecule has 0 saturated carbocycles. The Balaban J connectivity index is 1.67. The standard InChI is InChI=1S/C13H8F4N2O3S/c14-12(15,11-18-3-4-23-11)10(20)19-6-7-1-2-8-9(5-7)22-13(16,17)21-8/h1-5H,6H2,(H,19,20). The van der Waals surface area contributed by atoms with Crippen molar-refractivity contribution in [1.82, 2.24) is 10.3 Å². The summed E-state index contributed by atoms with van der Waals surface area (Å²) < 4.78 is 61.8. The Morgan fingerprint density at radius 2 is 2.04 bits per heavy atom. The number of halogens is 4. The minimum Gasteiger partial charge on any atom is -0.395 e. The Morgan fingerprint density at radius 1 is 1.30 bits per heavy atom. The van der Waals surface area contributed by atoms with Crippen molar-refractivity contribution in [2.24, 2.45) is 0 Å². The van der Waals surface area contributed by atoms with E-state index in [0.717, 1.165) is 0 Å². The molecule has 0 fully saturated rings. The molecule has 1 amide bonds. The Hall–Kier alpha value is -2.36. The summed E-state index contributed by atoms with van der Waals surface area (Å²) in [5.41, 5.74) is 0.299. The van der Waals surface area contributed by atoms with Gasteiger partial charge in [0.2, 0.25) is 0 Å². The van der Waals surface area contributed by atoms with Gasteiger partial charge in [-0.3, -0.25) is 4.79 Å². The Bertz CT molecular complexity index is 737. The number of nitrogens with zero attached hydrogens (tertiary/aromatic N) is 1. The number of fused-ring (bicyclic) bond motifs is 1. The van der Waals surface area contributed by atoms with Crippen LogP contribution in [0.3, 0.4) is 0 Å². The van der Waals surface area contributed by atoms with Crippen molar-refractivity contribution in [2.75, 3.05) is 0 Å². The van der Waals surface area contributed by atoms with Crippen molar-refractivity contribution in [1.29, 1.82) is 0 Å². The monoisotopic (exact) mass is 348 g/mol. The van der Waals surface area contributed by atoms with Crippen molar-refractivity contribution in [3.05, 3.63) is 40.3 Å². The molecule has 0 bridgehead atoms. The van der Waals surface area contributed by atoms with E-state index in [2.05, 4.69) is 14.5 Å². The second kappa shape index (κ2) is 5.37. The molecule has 2 aromatic rings. The molecule has 1 aromatic heterocycles. The topological polar surface area (TPSA) is 60.5 Å². The number of thiazole rings is 1. The van der Waals surface area contributed by atoms with Gasteiger partial charge in [-0.05, 0) is 17.7 Å². The number of amides is 1. The summed E-state index contributed by atoms with van der Waals surface area (Å²) in [6.07, 6.45) is -2.60. The van der Waals surface area contributed by atoms with Crippen LogP contribution in [0.1, 0.15) is 10.6 Å². The van der Waals surface area contributed by atoms with Crippen LogP contribution >= 0.6 is 11.3 Å². The Kier molecular flexibility index (Phi) is 3.63. The van der Waals surface area contributed by atoms with Gasteiger partial charge in [-0.1, -0.05) is 6.07 Å². The molecule has 2 heterocycles. The van der Waals surface area contributed by atoms with E-state index in [0.29, 0.717) is 16.9 Å². The average molecular weight is 348 g/mol. The summed E-state index contributed by atoms with van der Waals surface area (Å²) in [4.78, 5) is 15.0. The predicted molar refractivity (Wildman–Crippen MR) is 70.5 cm³/mol. The quantitative estimate of drug-likeness (QED) is 0.863. The molecular weight excluding hydrogens is 340 g/mol. The van der Waals surface area contributed by atoms with Crippen LogP contribution in [0.4, 0.5) is 17.6 Å². The maximum Gasteiger partial charge on any atom is 0.586 e. The fourth-order valence-electron chi connectivity index (χ4n) is 1.87. The predicted octanol–water partition coefficient (Wildman–Crippen LogP) is 2.87. The van der Waals surface area contributed by atoms with Crippen molar-refractivity contribution >= 4 is 17.2 Å². The van der Waals surface area contributed by atoms with Crippen molar-refractivity contribution in [3.8, 4) is 11.5 Å². The largest absolute Gasteiger partial charge is 0.586 e. The number of ether oxygens (including phenoxy) is 2. The summed E-state index contributed by atoms with van der Waals surface area (Å²) in [5, 5.41) is 2.74. The van der Waals surface area contributed by atoms with E-state index in [1.165, 1.54) is 29.8 Å². The molecule has 1 aromatic carbocycles. The first-order valence-corrected chi connectivity index (χ1v) is 7.11. The summed E-state index contributed by atoms with van der Waals surface area (Å²) in [6.45, 7) is -0.290. The highest BCUT2D eigenvalue weighted by Crippen LogP contribution is 2.41. The maximum absolute atomic E-state index is 13.8. The summed E-state index contributed by atoms with van der Waals surface area (Å²) in [5.74, 6) is -5.69. The lowest BCUT2D eigenvalue weighted by Crippen LogP contribution is -2.37. The first-order valence-electron chi connectivity index (χ1n) is 6.23. The molecular formula is C13H8F4N2O3S. The fourth-order valence-corrected chi connectivity index (χ4v) is 2.49. The van der Waals surface area contributed by atoms with E-state index in [9.17, 15) is 22.4 Å². The minimum absolute atomic E-state index is 0.168. The summed E-state index contributed by atoms with van der Waals surface area (Å²) in [6, 6.07) is 3.74. The molecule has 122 valence electrons. The second-order valence-corrected chi connectivity index (χ2v) is 5.44. The van der Waals surface area contributed by atoms with E-state index >= 15 is 0 Å². The van der Waals surface area contributed by atoms with E-state index in [1.54, 1.807) is 0 Å². The van der Waals surface area contributed by atoms with Gasteiger partial charge in [0.15, 0.2) is 16.5 Å². The average Bonchev–Trinajstić information content (AvgIpc) is 3.10. The van der Waals surface area contributed by atoms with Crippen LogP contribution in [-0.2, 0) is 17.3 Å². The van der Waals surface area contributed by atoms with Crippen LogP contribution in [0.25, 0.3) is 0 Å². The summed E-state index contributed by atoms with van der Waals surface area (Å²) >= 11 is 0.654. The lowest BCUT2D eigenvalue weighted by atomic mass is 10.2. The summed E-state index contributed by atoms with van der Waals surface area (Å²) in [7, 11) is 0. The van der Waals surface area contributed by atoms with E-state index in [-0.39, 0.29) is 18.0 Å². The highest BCUT2D eigenvalue weighted by molar-refractivity contribution is 7.09. The van der Waals surface area contributed by atoms with Gasteiger partial charge in [-0.25, -0.2) is 4.98 Å². The van der Waals surface area contributed by atoms with E-state index in [1.807, 2.05) is 5.32 Å². The van der Waals surface area contributed by atoms with Gasteiger partial charge in [0, 0.05) is 18.1 Å². The van der Waals surface area contributed by atoms with Crippen molar-refractivity contribution in [2.45, 2.75) is 18.8 Å². The first-order chi connectivity index (χ1) is 10.8. The first kappa shape index (κ1) is 15.5. The molecule has 0 aliphatic carbocycles. The van der Waals surface area contributed by atoms with Gasteiger partial charge < -0.3 is 14.8 Å². The number of benzene rings is 1. The van der Waals surface area contributed by atoms with Gasteiger partial charge in [-0.15, -0.1) is 20.1 Å². The van der Waals surface area contributed by atoms with Gasteiger partial charge in [-0.2, -0.15) is 8.78 Å². The number of alkyl halides is 4. The lowest BCUT2D eigenvalue weighted by Gasteiger charge is -2.13. The third-order valence-electron chi connectivity index (χ3n) is 2.90. The molecule has 10 heteroatoms. The molecule has 1 aliphatic rings. The molecule has 0 unspecified atom stereocenters. The highest BCUT2D eigenvalue weighted by atomic mass is 32.1. The van der Waals surface area contributed by atoms with E-state index < -0.39 is 23.1 Å². The van der Waals surface area contributed by atoms with Crippen LogP contribution in [-0.4, -0.2) is 17.2 Å². The number of carbonyl (C=O) groups is 1. The maximum atomic E-state index is 13.8. The SMILES string of the molecule is O=C(NCc1ccc2c(c1)OC(F)(F)O2)C(F)(F)c1nccs1. The molecule has 1 N–H and O–H groups in total. The van der Waals surface area contributed by atoms with Gasteiger partial charge >= 0.3 is 12.2 Å². The smallest absolute Gasteiger partial charge is 0.395 e. The highest BCUT2D eigenvalue weighted by Gasteiger charge is 2.44. The number of hydrogen-bond acceptors (Lipinski definition) is 5. The molecule has 1 aliphatic heterocycles. The third-order valence-corrected chi connectivity index (χ3v) is 3.75. The van der Waals surface area contributed by atoms with Crippen LogP contribution in [0.15, 0.2) is 29.8 Å². The Morgan fingerprint density at radius 3 is 2.74 bits per heavy atom. The lowest BCUT2D eigenvalue weighted by molar-refractivity contribution is -0.286. The molecule has 0 atom stereocenters. The molecule has 0 radical (unpaired) electrons. The van der Waals surface area contributed by atoms with Crippen molar-refractivity contribution < 1.29 is 31.8 Å². The minimum atomic E-state index is -3.77. The number of rotatable bonds is 4. The van der Waals surface area contributed by atoms with Gasteiger partial charge in [0.25, 0.3) is 5.91 Å². The van der Waals surface area contributed by atoms with Crippen molar-refractivity contribution in [3.63, 3.8) is 0 Å². The number of carbonyl (C=O) groups excluding carboxylic acids is 1. The van der Waals surface area contributed by atoms with Crippen LogP contribution < -0.4 is 14.8 Å². The zero-order valence-electron chi connectivity index (χ0n) is 11.2. The van der Waals surface area contributed by atoms with Crippen LogP contribution in [0.5, 0.6) is 11.5 Å². The van der Waals surface area contributed by atoms with E-state index in [4.69, 9.17) is 0 Å². The molecule has 5 nitrogen and oxygen atoms in total. The van der Waals surface area contributed by atoms with Crippen LogP contribution in [0.2, 0.25) is 0 Å². The third kappa shape index (κ3) is 3.07. The van der Waals surface area contributed by atoms with Crippen LogP contribution in [0, 0.1) is 0 Å². The number of aromatic nitrogens is 1. The normalized spacial score (nSPS) is 15.5. The molecule has 3 rings (SSSR count). The zero-order chi connectivity index (χ0) is 16.7. The molecule has 0 saturated heterocycles. The van der Waals surface area contributed by atoms with Gasteiger partial charge in [0.05, 0.1) is 0 Å². The number of hydrogen-bond donors (Lipinski definition) is 1. The zero-order valence-corrected chi connectivity index (χ0v) is 12.0. The van der Waals surface area contributed by atoms with Gasteiger partial charge in [0.1, 0.15) is 0 Å². The second-order valence-electron chi connectivity index (χ2n) is 4.54. The fraction of sp³-hybridized carbons (Fsp3) is 0.231. The number of nitrogens with one attached hydrogen (secondary N) is 1. The molecule has 0 spiro atoms.